The van der Waals surface area contributed by atoms with E-state index in [1.54, 1.807) is 5.48 Å². The third-order valence-electron chi connectivity index (χ3n) is 4.23. The van der Waals surface area contributed by atoms with E-state index in [1.165, 1.54) is 11.1 Å². The lowest BCUT2D eigenvalue weighted by Gasteiger charge is -2.07. The average molecular weight is 364 g/mol. The van der Waals surface area contributed by atoms with E-state index in [0.29, 0.717) is 12.8 Å². The molecule has 0 aliphatic rings. The van der Waals surface area contributed by atoms with Gasteiger partial charge in [-0.05, 0) is 44.7 Å². The van der Waals surface area contributed by atoms with Crippen LogP contribution in [-0.4, -0.2) is 30.1 Å². The molecule has 1 rings (SSSR count). The van der Waals surface area contributed by atoms with E-state index in [4.69, 9.17) is 5.21 Å². The second-order valence-corrected chi connectivity index (χ2v) is 6.67. The molecule has 1 aromatic carbocycles. The van der Waals surface area contributed by atoms with E-state index >= 15 is 0 Å². The van der Waals surface area contributed by atoms with Gasteiger partial charge in [-0.15, -0.1) is 0 Å². The molecule has 0 atom stereocenters. The van der Waals surface area contributed by atoms with E-state index in [0.717, 1.165) is 58.2 Å². The third kappa shape index (κ3) is 11.6. The lowest BCUT2D eigenvalue weighted by molar-refractivity contribution is -0.129. The van der Waals surface area contributed by atoms with Gasteiger partial charge in [0.25, 0.3) is 0 Å². The van der Waals surface area contributed by atoms with Crippen molar-refractivity contribution in [2.75, 3.05) is 13.1 Å². The second kappa shape index (κ2) is 14.3. The highest BCUT2D eigenvalue weighted by molar-refractivity contribution is 5.75. The largest absolute Gasteiger partial charge is 0.356 e. The zero-order valence-corrected chi connectivity index (χ0v) is 15.9. The normalized spacial score (nSPS) is 10.5. The van der Waals surface area contributed by atoms with Crippen LogP contribution in [0.2, 0.25) is 0 Å². The van der Waals surface area contributed by atoms with Gasteiger partial charge < -0.3 is 10.6 Å². The van der Waals surface area contributed by atoms with E-state index in [2.05, 4.69) is 41.8 Å². The molecule has 0 unspecified atom stereocenters. The fraction of sp³-hybridized carbons (Fsp3) is 0.600. The summed E-state index contributed by atoms with van der Waals surface area (Å²) in [4.78, 5) is 22.5. The summed E-state index contributed by atoms with van der Waals surface area (Å²) < 4.78 is 0. The number of rotatable bonds is 14. The number of hydrogen-bond acceptors (Lipinski definition) is 4. The number of carbonyl (C=O) groups excluding carboxylic acids is 2. The lowest BCUT2D eigenvalue weighted by atomic mass is 10.1. The Hall–Kier alpha value is -1.92. The van der Waals surface area contributed by atoms with Gasteiger partial charge in [-0.3, -0.25) is 14.8 Å². The molecule has 0 saturated carbocycles. The van der Waals surface area contributed by atoms with Crippen LogP contribution in [0.4, 0.5) is 0 Å². The highest BCUT2D eigenvalue weighted by Gasteiger charge is 2.02. The highest BCUT2D eigenvalue weighted by atomic mass is 16.5. The summed E-state index contributed by atoms with van der Waals surface area (Å²) in [5.74, 6) is -0.248. The lowest BCUT2D eigenvalue weighted by Crippen LogP contribution is -2.25. The Morgan fingerprint density at radius 1 is 0.846 bits per heavy atom. The van der Waals surface area contributed by atoms with Gasteiger partial charge in [0.1, 0.15) is 0 Å². The molecule has 0 bridgehead atoms. The maximum Gasteiger partial charge on any atom is 0.243 e. The number of amides is 2. The number of unbranched alkanes of at least 4 members (excludes halogenated alkanes) is 4. The van der Waals surface area contributed by atoms with Gasteiger partial charge in [-0.1, -0.05) is 42.7 Å². The number of carbonyl (C=O) groups is 2. The molecule has 26 heavy (non-hydrogen) atoms. The molecule has 0 spiro atoms. The van der Waals surface area contributed by atoms with Crippen molar-refractivity contribution < 1.29 is 14.8 Å². The number of hydroxylamine groups is 1. The molecule has 0 aliphatic carbocycles. The Morgan fingerprint density at radius 3 is 2.12 bits per heavy atom. The van der Waals surface area contributed by atoms with Gasteiger partial charge >= 0.3 is 0 Å². The molecule has 0 aliphatic heterocycles. The van der Waals surface area contributed by atoms with Crippen LogP contribution in [0.1, 0.15) is 62.5 Å². The van der Waals surface area contributed by atoms with Crippen LogP contribution in [0.15, 0.2) is 24.3 Å². The van der Waals surface area contributed by atoms with Gasteiger partial charge in [-0.2, -0.15) is 0 Å². The molecule has 6 heteroatoms. The fourth-order valence-electron chi connectivity index (χ4n) is 2.61. The second-order valence-electron chi connectivity index (χ2n) is 6.67. The zero-order chi connectivity index (χ0) is 19.0. The van der Waals surface area contributed by atoms with Crippen molar-refractivity contribution in [2.45, 2.75) is 64.8 Å². The predicted molar refractivity (Wildman–Crippen MR) is 103 cm³/mol. The van der Waals surface area contributed by atoms with Crippen molar-refractivity contribution in [1.29, 1.82) is 0 Å². The summed E-state index contributed by atoms with van der Waals surface area (Å²) >= 11 is 0. The summed E-state index contributed by atoms with van der Waals surface area (Å²) in [6.07, 6.45) is 6.29. The van der Waals surface area contributed by atoms with Crippen LogP contribution in [-0.2, 0) is 16.1 Å². The van der Waals surface area contributed by atoms with Gasteiger partial charge in [0.15, 0.2) is 0 Å². The molecule has 0 heterocycles. The SMILES string of the molecule is Cc1ccc(CNCCCCNC(=O)CCCCCCC(=O)NO)cc1. The molecule has 0 saturated heterocycles. The first kappa shape index (κ1) is 22.1. The standard InChI is InChI=1S/C20H33N3O3/c1-17-10-12-18(13-11-17)16-21-14-6-7-15-22-19(24)8-4-2-3-5-9-20(25)23-26/h10-13,21,26H,2-9,14-16H2,1H3,(H,22,24)(H,23,25). The average Bonchev–Trinajstić information content (AvgIpc) is 2.65. The smallest absolute Gasteiger partial charge is 0.243 e. The van der Waals surface area contributed by atoms with Crippen molar-refractivity contribution in [1.82, 2.24) is 16.1 Å². The first-order valence-electron chi connectivity index (χ1n) is 9.57. The molecular weight excluding hydrogens is 330 g/mol. The van der Waals surface area contributed by atoms with Crippen molar-refractivity contribution >= 4 is 11.8 Å². The molecular formula is C20H33N3O3. The minimum Gasteiger partial charge on any atom is -0.356 e. The van der Waals surface area contributed by atoms with Crippen molar-refractivity contribution in [2.24, 2.45) is 0 Å². The minimum absolute atomic E-state index is 0.103. The van der Waals surface area contributed by atoms with Gasteiger partial charge in [-0.25, -0.2) is 5.48 Å². The van der Waals surface area contributed by atoms with Crippen molar-refractivity contribution in [3.63, 3.8) is 0 Å². The highest BCUT2D eigenvalue weighted by Crippen LogP contribution is 2.05. The fourth-order valence-corrected chi connectivity index (χ4v) is 2.61. The van der Waals surface area contributed by atoms with E-state index in [9.17, 15) is 9.59 Å². The van der Waals surface area contributed by atoms with Crippen LogP contribution < -0.4 is 16.1 Å². The summed E-state index contributed by atoms with van der Waals surface area (Å²) in [6.45, 7) is 4.64. The number of hydrogen-bond donors (Lipinski definition) is 4. The Labute approximate surface area is 156 Å². The summed E-state index contributed by atoms with van der Waals surface area (Å²) in [6, 6.07) is 8.53. The quantitative estimate of drug-likeness (QED) is 0.232. The predicted octanol–water partition coefficient (Wildman–Crippen LogP) is 2.83. The Bertz CT molecular complexity index is 518. The molecule has 1 aromatic rings. The van der Waals surface area contributed by atoms with E-state index in [1.807, 2.05) is 0 Å². The molecule has 146 valence electrons. The van der Waals surface area contributed by atoms with Gasteiger partial charge in [0.2, 0.25) is 11.8 Å². The van der Waals surface area contributed by atoms with Crippen LogP contribution in [0.5, 0.6) is 0 Å². The first-order chi connectivity index (χ1) is 12.6. The van der Waals surface area contributed by atoms with Crippen LogP contribution in [0.3, 0.4) is 0 Å². The first-order valence-corrected chi connectivity index (χ1v) is 9.57. The van der Waals surface area contributed by atoms with E-state index in [-0.39, 0.29) is 11.8 Å². The molecule has 2 amide bonds. The number of aryl methyl sites for hydroxylation is 1. The zero-order valence-electron chi connectivity index (χ0n) is 15.9. The maximum atomic E-state index is 11.7. The van der Waals surface area contributed by atoms with Gasteiger partial charge in [0, 0.05) is 25.9 Å². The van der Waals surface area contributed by atoms with Crippen LogP contribution in [0, 0.1) is 6.92 Å². The Morgan fingerprint density at radius 2 is 1.46 bits per heavy atom. The molecule has 0 aromatic heterocycles. The van der Waals surface area contributed by atoms with Crippen molar-refractivity contribution in [3.05, 3.63) is 35.4 Å². The van der Waals surface area contributed by atoms with E-state index < -0.39 is 0 Å². The van der Waals surface area contributed by atoms with Crippen LogP contribution in [0.25, 0.3) is 0 Å². The van der Waals surface area contributed by atoms with Crippen molar-refractivity contribution in [3.8, 4) is 0 Å². The summed E-state index contributed by atoms with van der Waals surface area (Å²) in [5, 5.41) is 14.7. The molecule has 0 fully saturated rings. The Kier molecular flexibility index (Phi) is 12.1. The molecule has 0 radical (unpaired) electrons. The maximum absolute atomic E-state index is 11.7. The number of benzene rings is 1. The topological polar surface area (TPSA) is 90.5 Å². The molecule has 6 nitrogen and oxygen atoms in total. The van der Waals surface area contributed by atoms with Crippen LogP contribution >= 0.6 is 0 Å². The summed E-state index contributed by atoms with van der Waals surface area (Å²) in [5.41, 5.74) is 4.19. The summed E-state index contributed by atoms with van der Waals surface area (Å²) in [7, 11) is 0. The minimum atomic E-state index is -0.351. The molecule has 4 N–H and O–H groups in total. The number of nitrogens with one attached hydrogen (secondary N) is 3. The van der Waals surface area contributed by atoms with Gasteiger partial charge in [0.05, 0.1) is 0 Å². The monoisotopic (exact) mass is 363 g/mol. The third-order valence-corrected chi connectivity index (χ3v) is 4.23. The Balaban J connectivity index is 1.87.